The molecule has 1 unspecified atom stereocenters. The lowest BCUT2D eigenvalue weighted by atomic mass is 9.97. The predicted octanol–water partition coefficient (Wildman–Crippen LogP) is 0.344. The van der Waals surface area contributed by atoms with Gasteiger partial charge >= 0.3 is 0 Å². The molecule has 20 heavy (non-hydrogen) atoms. The highest BCUT2D eigenvalue weighted by atomic mass is 79.9. The van der Waals surface area contributed by atoms with Gasteiger partial charge < -0.3 is 20.8 Å². The van der Waals surface area contributed by atoms with Crippen LogP contribution in [0.15, 0.2) is 22.7 Å². The lowest BCUT2D eigenvalue weighted by Crippen LogP contribution is -2.40. The average molecular weight is 343 g/mol. The molecule has 0 aliphatic carbocycles. The molecule has 0 saturated heterocycles. The molecule has 0 spiro atoms. The summed E-state index contributed by atoms with van der Waals surface area (Å²) in [7, 11) is 0. The van der Waals surface area contributed by atoms with Crippen molar-refractivity contribution >= 4 is 33.4 Å². The minimum absolute atomic E-state index is 0.0220. The maximum atomic E-state index is 11.9. The third-order valence-corrected chi connectivity index (χ3v) is 3.84. The van der Waals surface area contributed by atoms with Gasteiger partial charge in [0.15, 0.2) is 0 Å². The highest BCUT2D eigenvalue weighted by Gasteiger charge is 2.33. The van der Waals surface area contributed by atoms with Crippen molar-refractivity contribution in [3.63, 3.8) is 0 Å². The molecular weight excluding hydrogens is 328 g/mol. The van der Waals surface area contributed by atoms with Gasteiger partial charge in [0.2, 0.25) is 11.8 Å². The molecule has 1 atom stereocenters. The lowest BCUT2D eigenvalue weighted by molar-refractivity contribution is -0.126. The Bertz CT molecular complexity index is 531. The fourth-order valence-corrected chi connectivity index (χ4v) is 2.62. The Morgan fingerprint density at radius 3 is 2.75 bits per heavy atom. The summed E-state index contributed by atoms with van der Waals surface area (Å²) < 4.78 is 0.773. The van der Waals surface area contributed by atoms with Crippen LogP contribution in [0, 0.1) is 0 Å². The van der Waals surface area contributed by atoms with Crippen molar-refractivity contribution in [3.8, 4) is 0 Å². The molecule has 2 rings (SSSR count). The first-order valence-corrected chi connectivity index (χ1v) is 6.96. The van der Waals surface area contributed by atoms with E-state index in [1.807, 2.05) is 6.07 Å². The zero-order chi connectivity index (χ0) is 14.7. The number of anilines is 1. The van der Waals surface area contributed by atoms with Gasteiger partial charge in [-0.2, -0.15) is 0 Å². The second-order valence-electron chi connectivity index (χ2n) is 4.58. The quantitative estimate of drug-likeness (QED) is 0.620. The van der Waals surface area contributed by atoms with Gasteiger partial charge in [-0.25, -0.2) is 0 Å². The summed E-state index contributed by atoms with van der Waals surface area (Å²) in [5.74, 6) is -1.17. The average Bonchev–Trinajstić information content (AvgIpc) is 2.74. The number of carbonyl (C=O) groups excluding carboxylic acids is 2. The first-order chi connectivity index (χ1) is 9.56. The largest absolute Gasteiger partial charge is 0.394 e. The Balaban J connectivity index is 2.09. The SMILES string of the molecule is O=C(CC1C(=O)Nc2c(Br)cccc21)NC(CO)CO. The van der Waals surface area contributed by atoms with Crippen LogP contribution in [0.4, 0.5) is 5.69 Å². The van der Waals surface area contributed by atoms with Gasteiger partial charge in [0, 0.05) is 10.9 Å². The van der Waals surface area contributed by atoms with Crippen LogP contribution in [-0.2, 0) is 9.59 Å². The van der Waals surface area contributed by atoms with Crippen LogP contribution in [0.2, 0.25) is 0 Å². The number of carbonyl (C=O) groups is 2. The summed E-state index contributed by atoms with van der Waals surface area (Å²) in [5.41, 5.74) is 1.46. The highest BCUT2D eigenvalue weighted by Crippen LogP contribution is 2.39. The molecule has 1 aliphatic heterocycles. The van der Waals surface area contributed by atoms with Crippen LogP contribution in [0.5, 0.6) is 0 Å². The molecule has 1 aliphatic rings. The van der Waals surface area contributed by atoms with Crippen LogP contribution in [0.1, 0.15) is 17.9 Å². The van der Waals surface area contributed by atoms with E-state index in [-0.39, 0.29) is 31.4 Å². The Labute approximate surface area is 124 Å². The molecular formula is C13H15BrN2O4. The van der Waals surface area contributed by atoms with Crippen LogP contribution in [0.3, 0.4) is 0 Å². The van der Waals surface area contributed by atoms with Crippen LogP contribution in [-0.4, -0.2) is 41.3 Å². The molecule has 0 radical (unpaired) electrons. The number of benzene rings is 1. The number of aliphatic hydroxyl groups excluding tert-OH is 2. The smallest absolute Gasteiger partial charge is 0.232 e. The van der Waals surface area contributed by atoms with Crippen molar-refractivity contribution in [2.45, 2.75) is 18.4 Å². The van der Waals surface area contributed by atoms with Gasteiger partial charge in [-0.05, 0) is 27.6 Å². The molecule has 0 saturated carbocycles. The van der Waals surface area contributed by atoms with E-state index in [1.54, 1.807) is 12.1 Å². The second-order valence-corrected chi connectivity index (χ2v) is 5.43. The second kappa shape index (κ2) is 6.34. The van der Waals surface area contributed by atoms with Crippen molar-refractivity contribution in [1.82, 2.24) is 5.32 Å². The number of nitrogens with one attached hydrogen (secondary N) is 2. The van der Waals surface area contributed by atoms with Crippen LogP contribution >= 0.6 is 15.9 Å². The molecule has 0 aromatic heterocycles. The van der Waals surface area contributed by atoms with Gasteiger partial charge in [0.25, 0.3) is 0 Å². The van der Waals surface area contributed by atoms with Gasteiger partial charge in [-0.3, -0.25) is 9.59 Å². The molecule has 1 aromatic carbocycles. The number of hydrogen-bond acceptors (Lipinski definition) is 4. The minimum Gasteiger partial charge on any atom is -0.394 e. The molecule has 108 valence electrons. The molecule has 7 heteroatoms. The van der Waals surface area contributed by atoms with Gasteiger partial charge in [-0.1, -0.05) is 12.1 Å². The third kappa shape index (κ3) is 3.00. The summed E-state index contributed by atoms with van der Waals surface area (Å²) in [6.07, 6.45) is -0.0220. The van der Waals surface area contributed by atoms with Crippen molar-refractivity contribution < 1.29 is 19.8 Å². The van der Waals surface area contributed by atoms with E-state index in [0.717, 1.165) is 10.0 Å². The van der Waals surface area contributed by atoms with Gasteiger partial charge in [-0.15, -0.1) is 0 Å². The predicted molar refractivity (Wildman–Crippen MR) is 76.2 cm³/mol. The Morgan fingerprint density at radius 2 is 2.10 bits per heavy atom. The first-order valence-electron chi connectivity index (χ1n) is 6.17. The number of rotatable bonds is 5. The van der Waals surface area contributed by atoms with E-state index in [0.29, 0.717) is 5.69 Å². The standard InChI is InChI=1S/C13H15BrN2O4/c14-10-3-1-2-8-9(13(20)16-12(8)10)4-11(19)15-7(5-17)6-18/h1-3,7,9,17-18H,4-6H2,(H,15,19)(H,16,20). The molecule has 0 bridgehead atoms. The maximum Gasteiger partial charge on any atom is 0.232 e. The lowest BCUT2D eigenvalue weighted by Gasteiger charge is -2.15. The van der Waals surface area contributed by atoms with E-state index >= 15 is 0 Å². The summed E-state index contributed by atoms with van der Waals surface area (Å²) in [6.45, 7) is -0.692. The Kier molecular flexibility index (Phi) is 4.74. The Morgan fingerprint density at radius 1 is 1.40 bits per heavy atom. The van der Waals surface area contributed by atoms with Crippen LogP contribution in [0.25, 0.3) is 0 Å². The van der Waals surface area contributed by atoms with Crippen molar-refractivity contribution in [2.75, 3.05) is 18.5 Å². The van der Waals surface area contributed by atoms with Gasteiger partial charge in [0.05, 0.1) is 30.9 Å². The van der Waals surface area contributed by atoms with E-state index < -0.39 is 12.0 Å². The zero-order valence-corrected chi connectivity index (χ0v) is 12.2. The molecule has 0 fully saturated rings. The topological polar surface area (TPSA) is 98.7 Å². The zero-order valence-electron chi connectivity index (χ0n) is 10.6. The fraction of sp³-hybridized carbons (Fsp3) is 0.385. The normalized spacial score (nSPS) is 17.0. The molecule has 1 heterocycles. The molecule has 1 aromatic rings. The highest BCUT2D eigenvalue weighted by molar-refractivity contribution is 9.10. The number of hydrogen-bond donors (Lipinski definition) is 4. The summed E-state index contributed by atoms with van der Waals surface area (Å²) in [5, 5.41) is 23.1. The Hall–Kier alpha value is -1.44. The third-order valence-electron chi connectivity index (χ3n) is 3.18. The summed E-state index contributed by atoms with van der Waals surface area (Å²) in [4.78, 5) is 23.8. The number of halogens is 1. The first kappa shape index (κ1) is 15.0. The van der Waals surface area contributed by atoms with E-state index in [9.17, 15) is 9.59 Å². The summed E-state index contributed by atoms with van der Waals surface area (Å²) >= 11 is 3.35. The number of para-hydroxylation sites is 1. The van der Waals surface area contributed by atoms with Crippen LogP contribution < -0.4 is 10.6 Å². The van der Waals surface area contributed by atoms with E-state index in [1.165, 1.54) is 0 Å². The van der Waals surface area contributed by atoms with Gasteiger partial charge in [0.1, 0.15) is 0 Å². The number of amides is 2. The maximum absolute atomic E-state index is 11.9. The van der Waals surface area contributed by atoms with E-state index in [2.05, 4.69) is 26.6 Å². The number of aliphatic hydroxyl groups is 2. The fourth-order valence-electron chi connectivity index (χ4n) is 2.14. The molecule has 2 amide bonds. The minimum atomic E-state index is -0.700. The monoisotopic (exact) mass is 342 g/mol. The van der Waals surface area contributed by atoms with E-state index in [4.69, 9.17) is 10.2 Å². The van der Waals surface area contributed by atoms with Crippen molar-refractivity contribution in [1.29, 1.82) is 0 Å². The van der Waals surface area contributed by atoms with Crippen molar-refractivity contribution in [2.24, 2.45) is 0 Å². The number of fused-ring (bicyclic) bond motifs is 1. The van der Waals surface area contributed by atoms with Crippen molar-refractivity contribution in [3.05, 3.63) is 28.2 Å². The summed E-state index contributed by atoms with van der Waals surface area (Å²) in [6, 6.07) is 4.72. The molecule has 4 N–H and O–H groups in total. The molecule has 6 nitrogen and oxygen atoms in total.